The lowest BCUT2D eigenvalue weighted by Crippen LogP contribution is -2.07. The number of hydrogen-bond acceptors (Lipinski definition) is 2. The fourth-order valence-corrected chi connectivity index (χ4v) is 2.42. The van der Waals surface area contributed by atoms with Crippen LogP contribution < -0.4 is 0 Å². The highest BCUT2D eigenvalue weighted by Gasteiger charge is 2.15. The second-order valence-corrected chi connectivity index (χ2v) is 5.02. The Balaban J connectivity index is 2.62. The Bertz CT molecular complexity index is 642. The third-order valence-electron chi connectivity index (χ3n) is 3.52. The van der Waals surface area contributed by atoms with Crippen molar-refractivity contribution in [3.8, 4) is 11.1 Å². The summed E-state index contributed by atoms with van der Waals surface area (Å²) in [4.78, 5) is 12.1. The summed E-state index contributed by atoms with van der Waals surface area (Å²) in [7, 11) is 0. The summed E-state index contributed by atoms with van der Waals surface area (Å²) < 4.78 is 5.15. The van der Waals surface area contributed by atoms with Crippen molar-refractivity contribution in [1.82, 2.24) is 0 Å². The average Bonchev–Trinajstić information content (AvgIpc) is 2.43. The van der Waals surface area contributed by atoms with Crippen molar-refractivity contribution >= 4 is 5.97 Å². The lowest BCUT2D eigenvalue weighted by Gasteiger charge is -2.14. The smallest absolute Gasteiger partial charge is 0.338 e. The number of hydrogen-bond donors (Lipinski definition) is 0. The quantitative estimate of drug-likeness (QED) is 0.768. The van der Waals surface area contributed by atoms with Crippen LogP contribution in [0, 0.1) is 20.8 Å². The van der Waals surface area contributed by atoms with E-state index in [1.807, 2.05) is 31.2 Å². The molecule has 0 unspecified atom stereocenters. The van der Waals surface area contributed by atoms with Crippen molar-refractivity contribution < 1.29 is 9.53 Å². The normalized spacial score (nSPS) is 10.4. The van der Waals surface area contributed by atoms with Gasteiger partial charge in [-0.05, 0) is 56.0 Å². The Morgan fingerprint density at radius 1 is 1.05 bits per heavy atom. The van der Waals surface area contributed by atoms with Crippen LogP contribution in [0.15, 0.2) is 36.4 Å². The molecule has 0 radical (unpaired) electrons. The highest BCUT2D eigenvalue weighted by atomic mass is 16.5. The van der Waals surface area contributed by atoms with Gasteiger partial charge in [0.05, 0.1) is 12.2 Å². The van der Waals surface area contributed by atoms with Crippen LogP contribution in [0.3, 0.4) is 0 Å². The van der Waals surface area contributed by atoms with Crippen LogP contribution in [0.4, 0.5) is 0 Å². The van der Waals surface area contributed by atoms with Gasteiger partial charge in [-0.3, -0.25) is 0 Å². The lowest BCUT2D eigenvalue weighted by atomic mass is 9.92. The van der Waals surface area contributed by atoms with E-state index in [2.05, 4.69) is 32.9 Å². The van der Waals surface area contributed by atoms with Crippen LogP contribution in [0.1, 0.15) is 34.0 Å². The second-order valence-electron chi connectivity index (χ2n) is 5.02. The molecule has 104 valence electrons. The molecular weight excluding hydrogens is 248 g/mol. The van der Waals surface area contributed by atoms with Crippen molar-refractivity contribution in [2.75, 3.05) is 6.61 Å². The van der Waals surface area contributed by atoms with Gasteiger partial charge in [0, 0.05) is 0 Å². The van der Waals surface area contributed by atoms with Crippen molar-refractivity contribution in [2.45, 2.75) is 27.7 Å². The van der Waals surface area contributed by atoms with Gasteiger partial charge in [0.25, 0.3) is 0 Å². The summed E-state index contributed by atoms with van der Waals surface area (Å²) >= 11 is 0. The van der Waals surface area contributed by atoms with Crippen LogP contribution >= 0.6 is 0 Å². The van der Waals surface area contributed by atoms with Crippen LogP contribution in [-0.2, 0) is 4.74 Å². The largest absolute Gasteiger partial charge is 0.462 e. The van der Waals surface area contributed by atoms with Gasteiger partial charge < -0.3 is 4.74 Å². The molecule has 20 heavy (non-hydrogen) atoms. The van der Waals surface area contributed by atoms with Crippen molar-refractivity contribution in [3.05, 3.63) is 58.7 Å². The number of esters is 1. The van der Waals surface area contributed by atoms with Gasteiger partial charge in [0.15, 0.2) is 0 Å². The van der Waals surface area contributed by atoms with Crippen molar-refractivity contribution in [3.63, 3.8) is 0 Å². The van der Waals surface area contributed by atoms with E-state index in [1.54, 1.807) is 0 Å². The van der Waals surface area contributed by atoms with Crippen LogP contribution in [0.2, 0.25) is 0 Å². The molecule has 0 heterocycles. The molecule has 0 N–H and O–H groups in total. The van der Waals surface area contributed by atoms with Crippen LogP contribution in [-0.4, -0.2) is 12.6 Å². The summed E-state index contributed by atoms with van der Waals surface area (Å²) in [6.07, 6.45) is 0. The Morgan fingerprint density at radius 2 is 1.75 bits per heavy atom. The van der Waals surface area contributed by atoms with Gasteiger partial charge >= 0.3 is 5.97 Å². The summed E-state index contributed by atoms with van der Waals surface area (Å²) in [6, 6.07) is 11.9. The van der Waals surface area contributed by atoms with E-state index >= 15 is 0 Å². The summed E-state index contributed by atoms with van der Waals surface area (Å²) in [5.74, 6) is -0.262. The Morgan fingerprint density at radius 3 is 2.45 bits per heavy atom. The van der Waals surface area contributed by atoms with Gasteiger partial charge in [0.2, 0.25) is 0 Å². The zero-order valence-electron chi connectivity index (χ0n) is 12.5. The fraction of sp³-hybridized carbons (Fsp3) is 0.278. The molecule has 2 heteroatoms. The van der Waals surface area contributed by atoms with Crippen molar-refractivity contribution in [1.29, 1.82) is 0 Å². The molecule has 0 bridgehead atoms. The number of carbonyl (C=O) groups is 1. The Hall–Kier alpha value is -2.09. The van der Waals surface area contributed by atoms with Gasteiger partial charge in [-0.1, -0.05) is 35.9 Å². The summed E-state index contributed by atoms with van der Waals surface area (Å²) in [5, 5.41) is 0. The van der Waals surface area contributed by atoms with E-state index in [1.165, 1.54) is 16.7 Å². The first kappa shape index (κ1) is 14.3. The average molecular weight is 268 g/mol. The van der Waals surface area contributed by atoms with Gasteiger partial charge in [-0.2, -0.15) is 0 Å². The summed E-state index contributed by atoms with van der Waals surface area (Å²) in [5.41, 5.74) is 6.30. The molecule has 0 atom stereocenters. The van der Waals surface area contributed by atoms with E-state index < -0.39 is 0 Å². The van der Waals surface area contributed by atoms with Crippen molar-refractivity contribution in [2.24, 2.45) is 0 Å². The fourth-order valence-electron chi connectivity index (χ4n) is 2.42. The molecule has 0 aliphatic heterocycles. The highest BCUT2D eigenvalue weighted by molar-refractivity contribution is 5.97. The minimum atomic E-state index is -0.262. The van der Waals surface area contributed by atoms with Gasteiger partial charge in [-0.25, -0.2) is 4.79 Å². The third kappa shape index (κ3) is 2.74. The maximum absolute atomic E-state index is 12.1. The highest BCUT2D eigenvalue weighted by Crippen LogP contribution is 2.30. The van der Waals surface area contributed by atoms with E-state index in [9.17, 15) is 4.79 Å². The van der Waals surface area contributed by atoms with E-state index in [0.29, 0.717) is 12.2 Å². The topological polar surface area (TPSA) is 26.3 Å². The standard InChI is InChI=1S/C18H20O2/c1-5-20-18(19)16-9-7-6-8-15(16)17-11-12(2)10-13(3)14(17)4/h6-11H,5H2,1-4H3. The van der Waals surface area contributed by atoms with Gasteiger partial charge in [0.1, 0.15) is 0 Å². The first-order chi connectivity index (χ1) is 9.54. The Labute approximate surface area is 120 Å². The number of rotatable bonds is 3. The number of ether oxygens (including phenoxy) is 1. The molecule has 0 saturated carbocycles. The molecular formula is C18H20O2. The summed E-state index contributed by atoms with van der Waals surface area (Å²) in [6.45, 7) is 8.47. The zero-order chi connectivity index (χ0) is 14.7. The number of carbonyl (C=O) groups excluding carboxylic acids is 1. The van der Waals surface area contributed by atoms with E-state index in [0.717, 1.165) is 11.1 Å². The zero-order valence-corrected chi connectivity index (χ0v) is 12.5. The molecule has 0 aliphatic rings. The SMILES string of the molecule is CCOC(=O)c1ccccc1-c1cc(C)cc(C)c1C. The molecule has 0 amide bonds. The van der Waals surface area contributed by atoms with Crippen LogP contribution in [0.25, 0.3) is 11.1 Å². The van der Waals surface area contributed by atoms with Gasteiger partial charge in [-0.15, -0.1) is 0 Å². The van der Waals surface area contributed by atoms with E-state index in [4.69, 9.17) is 4.74 Å². The first-order valence-electron chi connectivity index (χ1n) is 6.89. The molecule has 2 rings (SSSR count). The molecule has 0 aliphatic carbocycles. The monoisotopic (exact) mass is 268 g/mol. The maximum Gasteiger partial charge on any atom is 0.338 e. The van der Waals surface area contributed by atoms with Crippen LogP contribution in [0.5, 0.6) is 0 Å². The molecule has 0 spiro atoms. The first-order valence-corrected chi connectivity index (χ1v) is 6.89. The lowest BCUT2D eigenvalue weighted by molar-refractivity contribution is 0.0527. The predicted molar refractivity (Wildman–Crippen MR) is 82.0 cm³/mol. The maximum atomic E-state index is 12.1. The third-order valence-corrected chi connectivity index (χ3v) is 3.52. The second kappa shape index (κ2) is 5.91. The number of aryl methyl sites for hydroxylation is 2. The molecule has 2 aromatic carbocycles. The van der Waals surface area contributed by atoms with E-state index in [-0.39, 0.29) is 5.97 Å². The molecule has 2 aromatic rings. The molecule has 2 nitrogen and oxygen atoms in total. The molecule has 0 aromatic heterocycles. The molecule has 0 fully saturated rings. The molecule has 0 saturated heterocycles. The predicted octanol–water partition coefficient (Wildman–Crippen LogP) is 4.46. The minimum Gasteiger partial charge on any atom is -0.462 e. The number of benzene rings is 2. The Kier molecular flexibility index (Phi) is 4.23. The minimum absolute atomic E-state index is 0.262.